The minimum atomic E-state index is 0.734. The molecule has 5 heteroatoms. The van der Waals surface area contributed by atoms with Crippen molar-refractivity contribution in [1.29, 1.82) is 0 Å². The van der Waals surface area contributed by atoms with Gasteiger partial charge in [-0.2, -0.15) is 0 Å². The standard InChI is InChI=1S/C16H10ClN3S/c17-11-5-3-10(4-6-11)16-20-14(9-21-16)13-8-19-15-12(13)2-1-7-18-15/h1-9H,(H,18,19). The molecule has 3 nitrogen and oxygen atoms in total. The van der Waals surface area contributed by atoms with Gasteiger partial charge in [0, 0.05) is 39.3 Å². The molecular weight excluding hydrogens is 302 g/mol. The first-order valence-electron chi connectivity index (χ1n) is 6.45. The first-order chi connectivity index (χ1) is 10.3. The second-order valence-corrected chi connectivity index (χ2v) is 5.94. The van der Waals surface area contributed by atoms with Crippen LogP contribution in [-0.2, 0) is 0 Å². The number of fused-ring (bicyclic) bond motifs is 1. The van der Waals surface area contributed by atoms with Crippen LogP contribution in [0.25, 0.3) is 32.9 Å². The van der Waals surface area contributed by atoms with Crippen LogP contribution in [0.4, 0.5) is 0 Å². The Morgan fingerprint density at radius 2 is 1.95 bits per heavy atom. The molecule has 3 heterocycles. The average Bonchev–Trinajstić information content (AvgIpc) is 3.14. The predicted molar refractivity (Wildman–Crippen MR) is 87.6 cm³/mol. The summed E-state index contributed by atoms with van der Waals surface area (Å²) in [5.41, 5.74) is 4.00. The molecule has 1 aromatic carbocycles. The summed E-state index contributed by atoms with van der Waals surface area (Å²) in [6.45, 7) is 0. The molecule has 1 N–H and O–H groups in total. The second kappa shape index (κ2) is 4.98. The van der Waals surface area contributed by atoms with E-state index in [1.165, 1.54) is 0 Å². The lowest BCUT2D eigenvalue weighted by Crippen LogP contribution is -1.79. The van der Waals surface area contributed by atoms with Crippen molar-refractivity contribution in [3.8, 4) is 21.8 Å². The number of aromatic nitrogens is 3. The highest BCUT2D eigenvalue weighted by atomic mass is 35.5. The van der Waals surface area contributed by atoms with Gasteiger partial charge in [-0.05, 0) is 24.3 Å². The molecule has 3 aromatic heterocycles. The van der Waals surface area contributed by atoms with E-state index < -0.39 is 0 Å². The van der Waals surface area contributed by atoms with Crippen LogP contribution in [0.15, 0.2) is 54.2 Å². The fourth-order valence-corrected chi connectivity index (χ4v) is 3.24. The van der Waals surface area contributed by atoms with Crippen molar-refractivity contribution in [3.05, 3.63) is 59.2 Å². The Hall–Kier alpha value is -2.17. The molecule has 0 radical (unpaired) electrons. The zero-order chi connectivity index (χ0) is 14.2. The fraction of sp³-hybridized carbons (Fsp3) is 0. The summed E-state index contributed by atoms with van der Waals surface area (Å²) in [5, 5.41) is 4.88. The van der Waals surface area contributed by atoms with Crippen molar-refractivity contribution < 1.29 is 0 Å². The summed E-state index contributed by atoms with van der Waals surface area (Å²) in [7, 11) is 0. The van der Waals surface area contributed by atoms with Gasteiger partial charge in [-0.1, -0.05) is 23.7 Å². The summed E-state index contributed by atoms with van der Waals surface area (Å²) >= 11 is 7.55. The van der Waals surface area contributed by atoms with Crippen molar-refractivity contribution in [1.82, 2.24) is 15.0 Å². The lowest BCUT2D eigenvalue weighted by molar-refractivity contribution is 1.32. The van der Waals surface area contributed by atoms with E-state index in [-0.39, 0.29) is 0 Å². The largest absolute Gasteiger partial charge is 0.345 e. The number of halogens is 1. The van der Waals surface area contributed by atoms with Gasteiger partial charge < -0.3 is 4.98 Å². The Labute approximate surface area is 130 Å². The summed E-state index contributed by atoms with van der Waals surface area (Å²) < 4.78 is 0. The smallest absolute Gasteiger partial charge is 0.137 e. The van der Waals surface area contributed by atoms with Crippen LogP contribution in [0.5, 0.6) is 0 Å². The van der Waals surface area contributed by atoms with Gasteiger partial charge in [0.2, 0.25) is 0 Å². The van der Waals surface area contributed by atoms with Crippen LogP contribution >= 0.6 is 22.9 Å². The van der Waals surface area contributed by atoms with Crippen LogP contribution in [0.1, 0.15) is 0 Å². The van der Waals surface area contributed by atoms with Crippen molar-refractivity contribution in [2.45, 2.75) is 0 Å². The Balaban J connectivity index is 1.79. The Morgan fingerprint density at radius 1 is 1.10 bits per heavy atom. The van der Waals surface area contributed by atoms with Gasteiger partial charge >= 0.3 is 0 Å². The first kappa shape index (κ1) is 12.6. The molecule has 0 saturated carbocycles. The fourth-order valence-electron chi connectivity index (χ4n) is 2.29. The Bertz CT molecular complexity index is 909. The summed E-state index contributed by atoms with van der Waals surface area (Å²) in [4.78, 5) is 12.2. The third kappa shape index (κ3) is 2.22. The molecule has 0 aliphatic rings. The van der Waals surface area contributed by atoms with Gasteiger partial charge in [-0.25, -0.2) is 9.97 Å². The van der Waals surface area contributed by atoms with Crippen LogP contribution in [-0.4, -0.2) is 15.0 Å². The zero-order valence-corrected chi connectivity index (χ0v) is 12.4. The number of hydrogen-bond donors (Lipinski definition) is 1. The van der Waals surface area contributed by atoms with E-state index in [4.69, 9.17) is 16.6 Å². The molecule has 0 aliphatic carbocycles. The molecule has 0 bridgehead atoms. The lowest BCUT2D eigenvalue weighted by atomic mass is 10.2. The first-order valence-corrected chi connectivity index (χ1v) is 7.71. The maximum absolute atomic E-state index is 5.92. The summed E-state index contributed by atoms with van der Waals surface area (Å²) in [6, 6.07) is 11.7. The highest BCUT2D eigenvalue weighted by Gasteiger charge is 2.11. The topological polar surface area (TPSA) is 41.6 Å². The highest BCUT2D eigenvalue weighted by Crippen LogP contribution is 2.32. The van der Waals surface area contributed by atoms with E-state index in [1.54, 1.807) is 17.5 Å². The molecule has 4 rings (SSSR count). The van der Waals surface area contributed by atoms with E-state index >= 15 is 0 Å². The molecule has 102 valence electrons. The normalized spacial score (nSPS) is 11.1. The molecule has 0 spiro atoms. The van der Waals surface area contributed by atoms with E-state index in [9.17, 15) is 0 Å². The molecule has 0 aliphatic heterocycles. The molecule has 0 saturated heterocycles. The van der Waals surface area contributed by atoms with Crippen LogP contribution < -0.4 is 0 Å². The molecule has 0 fully saturated rings. The number of aromatic amines is 1. The highest BCUT2D eigenvalue weighted by molar-refractivity contribution is 7.13. The third-order valence-corrected chi connectivity index (χ3v) is 4.47. The number of rotatable bonds is 2. The number of hydrogen-bond acceptors (Lipinski definition) is 3. The number of benzene rings is 1. The van der Waals surface area contributed by atoms with Gasteiger partial charge in [0.1, 0.15) is 10.7 Å². The molecule has 0 unspecified atom stereocenters. The zero-order valence-electron chi connectivity index (χ0n) is 10.9. The van der Waals surface area contributed by atoms with Crippen molar-refractivity contribution in [2.24, 2.45) is 0 Å². The maximum atomic E-state index is 5.92. The lowest BCUT2D eigenvalue weighted by Gasteiger charge is -1.96. The van der Waals surface area contributed by atoms with Crippen LogP contribution in [0.2, 0.25) is 5.02 Å². The molecule has 4 aromatic rings. The Kier molecular flexibility index (Phi) is 2.98. The molecule has 0 amide bonds. The van der Waals surface area contributed by atoms with Gasteiger partial charge in [0.15, 0.2) is 0 Å². The minimum Gasteiger partial charge on any atom is -0.345 e. The monoisotopic (exact) mass is 311 g/mol. The van der Waals surface area contributed by atoms with E-state index in [0.717, 1.165) is 37.9 Å². The number of thiazole rings is 1. The number of pyridine rings is 1. The van der Waals surface area contributed by atoms with Crippen LogP contribution in [0.3, 0.4) is 0 Å². The SMILES string of the molecule is Clc1ccc(-c2nc(-c3c[nH]c4ncccc34)cs2)cc1. The number of nitrogens with zero attached hydrogens (tertiary/aromatic N) is 2. The quantitative estimate of drug-likeness (QED) is 0.565. The Morgan fingerprint density at radius 3 is 2.81 bits per heavy atom. The van der Waals surface area contributed by atoms with Gasteiger partial charge in [0.25, 0.3) is 0 Å². The van der Waals surface area contributed by atoms with Crippen molar-refractivity contribution in [3.63, 3.8) is 0 Å². The number of nitrogens with one attached hydrogen (secondary N) is 1. The van der Waals surface area contributed by atoms with Crippen molar-refractivity contribution >= 4 is 34.0 Å². The van der Waals surface area contributed by atoms with Gasteiger partial charge in [-0.15, -0.1) is 11.3 Å². The van der Waals surface area contributed by atoms with Gasteiger partial charge in [-0.3, -0.25) is 0 Å². The summed E-state index contributed by atoms with van der Waals surface area (Å²) in [5.74, 6) is 0. The van der Waals surface area contributed by atoms with Gasteiger partial charge in [0.05, 0.1) is 5.69 Å². The van der Waals surface area contributed by atoms with E-state index in [1.807, 2.05) is 36.5 Å². The molecular formula is C16H10ClN3S. The van der Waals surface area contributed by atoms with Crippen LogP contribution in [0, 0.1) is 0 Å². The number of H-pyrrole nitrogens is 1. The third-order valence-electron chi connectivity index (χ3n) is 3.32. The second-order valence-electron chi connectivity index (χ2n) is 4.65. The summed E-state index contributed by atoms with van der Waals surface area (Å²) in [6.07, 6.45) is 3.74. The molecule has 0 atom stereocenters. The predicted octanol–water partition coefficient (Wildman–Crippen LogP) is 5.01. The van der Waals surface area contributed by atoms with Crippen molar-refractivity contribution in [2.75, 3.05) is 0 Å². The van der Waals surface area contributed by atoms with E-state index in [0.29, 0.717) is 0 Å². The maximum Gasteiger partial charge on any atom is 0.137 e. The van der Waals surface area contributed by atoms with E-state index in [2.05, 4.69) is 21.4 Å². The molecule has 21 heavy (non-hydrogen) atoms. The minimum absolute atomic E-state index is 0.734. The average molecular weight is 312 g/mol.